The molecule has 0 saturated heterocycles. The molecule has 3 aromatic rings. The van der Waals surface area contributed by atoms with Crippen molar-refractivity contribution >= 4 is 28.6 Å². The standard InChI is InChI=1S/C20H20N4O2S.C2H6/c1-3-4-5-8-24-14-6-7-22-19(21)18(14)23-20(24)27-17-12-16-15(11-13(17)2)25-9-10-26-16;1-2/h1,6-7,11-12H,4-5,8-10H2,2H3,(H2,21,22);1-2H3. The van der Waals surface area contributed by atoms with Crippen molar-refractivity contribution in [1.29, 1.82) is 0 Å². The van der Waals surface area contributed by atoms with Crippen LogP contribution in [0.5, 0.6) is 11.5 Å². The van der Waals surface area contributed by atoms with Gasteiger partial charge in [0.05, 0.1) is 5.52 Å². The molecule has 3 heterocycles. The monoisotopic (exact) mass is 410 g/mol. The van der Waals surface area contributed by atoms with Crippen LogP contribution in [0, 0.1) is 19.3 Å². The van der Waals surface area contributed by atoms with E-state index >= 15 is 0 Å². The summed E-state index contributed by atoms with van der Waals surface area (Å²) in [5, 5.41) is 0.862. The van der Waals surface area contributed by atoms with E-state index in [1.54, 1.807) is 18.0 Å². The molecule has 0 aliphatic carbocycles. The Morgan fingerprint density at radius 3 is 2.69 bits per heavy atom. The van der Waals surface area contributed by atoms with Crippen LogP contribution in [0.25, 0.3) is 11.0 Å². The number of aryl methyl sites for hydroxylation is 2. The first-order valence-electron chi connectivity index (χ1n) is 9.79. The summed E-state index contributed by atoms with van der Waals surface area (Å²) in [7, 11) is 0. The van der Waals surface area contributed by atoms with Crippen molar-refractivity contribution in [3.63, 3.8) is 0 Å². The number of pyridine rings is 1. The second-order valence-corrected chi connectivity index (χ2v) is 7.29. The number of unbranched alkanes of at least 4 members (excludes halogenated alkanes) is 1. The van der Waals surface area contributed by atoms with Crippen LogP contribution in [0.1, 0.15) is 32.3 Å². The van der Waals surface area contributed by atoms with E-state index in [1.165, 1.54) is 0 Å². The number of nitrogens with two attached hydrogens (primary N) is 1. The average Bonchev–Trinajstić information content (AvgIpc) is 3.09. The van der Waals surface area contributed by atoms with E-state index in [1.807, 2.05) is 32.0 Å². The molecule has 0 atom stereocenters. The predicted octanol–water partition coefficient (Wildman–Crippen LogP) is 4.68. The maximum Gasteiger partial charge on any atom is 0.174 e. The van der Waals surface area contributed by atoms with Crippen LogP contribution < -0.4 is 15.2 Å². The van der Waals surface area contributed by atoms with Gasteiger partial charge in [-0.1, -0.05) is 25.6 Å². The maximum atomic E-state index is 6.04. The van der Waals surface area contributed by atoms with Crippen molar-refractivity contribution in [3.8, 4) is 23.8 Å². The first-order chi connectivity index (χ1) is 14.2. The van der Waals surface area contributed by atoms with E-state index in [0.717, 1.165) is 51.1 Å². The third-order valence-electron chi connectivity index (χ3n) is 4.40. The number of imidazole rings is 1. The molecule has 0 radical (unpaired) electrons. The fourth-order valence-electron chi connectivity index (χ4n) is 3.06. The Balaban J connectivity index is 0.00000117. The van der Waals surface area contributed by atoms with Crippen molar-refractivity contribution in [3.05, 3.63) is 30.0 Å². The number of rotatable bonds is 5. The van der Waals surface area contributed by atoms with E-state index in [4.69, 9.17) is 26.6 Å². The zero-order chi connectivity index (χ0) is 20.8. The van der Waals surface area contributed by atoms with Gasteiger partial charge in [0.1, 0.15) is 18.7 Å². The average molecular weight is 411 g/mol. The normalized spacial score (nSPS) is 12.2. The van der Waals surface area contributed by atoms with Crippen LogP contribution in [0.15, 0.2) is 34.4 Å². The van der Waals surface area contributed by atoms with Gasteiger partial charge in [0, 0.05) is 24.1 Å². The molecule has 1 aliphatic heterocycles. The number of nitrogen functional groups attached to an aromatic ring is 1. The SMILES string of the molecule is C#CCCCn1c(Sc2cc3c(cc2C)OCCO3)nc2c(N)nccc21.CC. The summed E-state index contributed by atoms with van der Waals surface area (Å²) in [4.78, 5) is 9.99. The summed E-state index contributed by atoms with van der Waals surface area (Å²) < 4.78 is 13.5. The van der Waals surface area contributed by atoms with Crippen LogP contribution >= 0.6 is 11.8 Å². The third kappa shape index (κ3) is 4.43. The van der Waals surface area contributed by atoms with Crippen LogP contribution in [0.2, 0.25) is 0 Å². The van der Waals surface area contributed by atoms with E-state index in [9.17, 15) is 0 Å². The minimum absolute atomic E-state index is 0.434. The molecule has 2 aromatic heterocycles. The lowest BCUT2D eigenvalue weighted by molar-refractivity contribution is 0.171. The minimum Gasteiger partial charge on any atom is -0.486 e. The molecule has 1 aliphatic rings. The predicted molar refractivity (Wildman–Crippen MR) is 118 cm³/mol. The van der Waals surface area contributed by atoms with Gasteiger partial charge >= 0.3 is 0 Å². The number of nitrogens with zero attached hydrogens (tertiary/aromatic N) is 3. The van der Waals surface area contributed by atoms with Crippen molar-refractivity contribution in [2.75, 3.05) is 18.9 Å². The first kappa shape index (κ1) is 20.9. The highest BCUT2D eigenvalue weighted by Gasteiger charge is 2.18. The quantitative estimate of drug-likeness (QED) is 0.486. The molecule has 6 nitrogen and oxygen atoms in total. The van der Waals surface area contributed by atoms with Crippen LogP contribution in [0.4, 0.5) is 5.82 Å². The summed E-state index contributed by atoms with van der Waals surface area (Å²) in [5.41, 5.74) is 8.84. The number of terminal acetylenes is 1. The van der Waals surface area contributed by atoms with Crippen LogP contribution in [-0.2, 0) is 6.54 Å². The number of benzene rings is 1. The largest absolute Gasteiger partial charge is 0.486 e. The van der Waals surface area contributed by atoms with Gasteiger partial charge in [0.15, 0.2) is 22.5 Å². The van der Waals surface area contributed by atoms with E-state index in [0.29, 0.717) is 25.5 Å². The summed E-state index contributed by atoms with van der Waals surface area (Å²) in [6.07, 6.45) is 8.71. The molecular formula is C22H26N4O2S. The summed E-state index contributed by atoms with van der Waals surface area (Å²) in [5.74, 6) is 4.69. The first-order valence-corrected chi connectivity index (χ1v) is 10.6. The fourth-order valence-corrected chi connectivity index (χ4v) is 4.08. The molecule has 0 bridgehead atoms. The Labute approximate surface area is 175 Å². The van der Waals surface area contributed by atoms with Crippen LogP contribution in [-0.4, -0.2) is 27.7 Å². The highest BCUT2D eigenvalue weighted by atomic mass is 32.2. The van der Waals surface area contributed by atoms with E-state index < -0.39 is 0 Å². The zero-order valence-electron chi connectivity index (χ0n) is 17.1. The fraction of sp³-hybridized carbons (Fsp3) is 0.364. The van der Waals surface area contributed by atoms with Gasteiger partial charge in [-0.3, -0.25) is 0 Å². The number of ether oxygens (including phenoxy) is 2. The van der Waals surface area contributed by atoms with E-state index in [2.05, 4.69) is 22.4 Å². The zero-order valence-corrected chi connectivity index (χ0v) is 17.9. The lowest BCUT2D eigenvalue weighted by Gasteiger charge is -2.20. The van der Waals surface area contributed by atoms with Gasteiger partial charge < -0.3 is 19.8 Å². The summed E-state index contributed by atoms with van der Waals surface area (Å²) in [6, 6.07) is 5.97. The van der Waals surface area contributed by atoms with Gasteiger partial charge in [-0.25, -0.2) is 9.97 Å². The van der Waals surface area contributed by atoms with Crippen LogP contribution in [0.3, 0.4) is 0 Å². The molecule has 0 fully saturated rings. The van der Waals surface area contributed by atoms with Crippen molar-refractivity contribution in [1.82, 2.24) is 14.5 Å². The van der Waals surface area contributed by atoms with E-state index in [-0.39, 0.29) is 0 Å². The molecule has 0 unspecified atom stereocenters. The highest BCUT2D eigenvalue weighted by Crippen LogP contribution is 2.40. The second kappa shape index (κ2) is 9.57. The summed E-state index contributed by atoms with van der Waals surface area (Å²) in [6.45, 7) is 7.97. The second-order valence-electron chi connectivity index (χ2n) is 6.28. The number of hydrogen-bond donors (Lipinski definition) is 1. The Hall–Kier alpha value is -2.85. The van der Waals surface area contributed by atoms with Crippen molar-refractivity contribution < 1.29 is 9.47 Å². The van der Waals surface area contributed by atoms with Gasteiger partial charge in [-0.15, -0.1) is 12.3 Å². The molecule has 0 saturated carbocycles. The number of fused-ring (bicyclic) bond motifs is 2. The lowest BCUT2D eigenvalue weighted by Crippen LogP contribution is -2.15. The lowest BCUT2D eigenvalue weighted by atomic mass is 10.2. The Morgan fingerprint density at radius 1 is 1.24 bits per heavy atom. The molecular weight excluding hydrogens is 384 g/mol. The van der Waals surface area contributed by atoms with Crippen molar-refractivity contribution in [2.45, 2.75) is 50.2 Å². The minimum atomic E-state index is 0.434. The number of hydrogen-bond acceptors (Lipinski definition) is 6. The third-order valence-corrected chi connectivity index (χ3v) is 5.56. The molecule has 0 spiro atoms. The Bertz CT molecular complexity index is 1040. The molecule has 7 heteroatoms. The van der Waals surface area contributed by atoms with Gasteiger partial charge in [0.2, 0.25) is 0 Å². The molecule has 0 amide bonds. The maximum absolute atomic E-state index is 6.04. The van der Waals surface area contributed by atoms with Gasteiger partial charge in [-0.2, -0.15) is 0 Å². The Kier molecular flexibility index (Phi) is 6.89. The molecule has 4 rings (SSSR count). The molecule has 1 aromatic carbocycles. The molecule has 2 N–H and O–H groups in total. The van der Waals surface area contributed by atoms with Gasteiger partial charge in [0.25, 0.3) is 0 Å². The highest BCUT2D eigenvalue weighted by molar-refractivity contribution is 7.99. The number of anilines is 1. The van der Waals surface area contributed by atoms with Crippen molar-refractivity contribution in [2.24, 2.45) is 0 Å². The molecule has 152 valence electrons. The smallest absolute Gasteiger partial charge is 0.174 e. The Morgan fingerprint density at radius 2 is 1.97 bits per heavy atom. The number of aromatic nitrogens is 3. The summed E-state index contributed by atoms with van der Waals surface area (Å²) >= 11 is 1.59. The van der Waals surface area contributed by atoms with Gasteiger partial charge in [-0.05, 0) is 37.1 Å². The topological polar surface area (TPSA) is 75.2 Å². The molecule has 29 heavy (non-hydrogen) atoms.